The second-order valence-electron chi connectivity index (χ2n) is 3.87. The lowest BCUT2D eigenvalue weighted by atomic mass is 10.1. The van der Waals surface area contributed by atoms with Crippen LogP contribution in [0.1, 0.15) is 16.1 Å². The predicted molar refractivity (Wildman–Crippen MR) is 67.8 cm³/mol. The van der Waals surface area contributed by atoms with Crippen molar-refractivity contribution in [1.82, 2.24) is 4.98 Å². The molecule has 16 heavy (non-hydrogen) atoms. The van der Waals surface area contributed by atoms with Gasteiger partial charge in [0, 0.05) is 23.5 Å². The number of nitrogens with zero attached hydrogens (tertiary/aromatic N) is 1. The second-order valence-corrected chi connectivity index (χ2v) is 4.95. The van der Waals surface area contributed by atoms with Crippen LogP contribution >= 0.6 is 11.3 Å². The Morgan fingerprint density at radius 1 is 1.31 bits per heavy atom. The van der Waals surface area contributed by atoms with Crippen molar-refractivity contribution in [2.45, 2.75) is 20.3 Å². The monoisotopic (exact) mass is 233 g/mol. The SMILES string of the molecule is Cc1cccc(-c2nc(C)c(CCO)s2)c1. The highest BCUT2D eigenvalue weighted by atomic mass is 32.1. The summed E-state index contributed by atoms with van der Waals surface area (Å²) in [5.41, 5.74) is 3.45. The Kier molecular flexibility index (Phi) is 3.36. The lowest BCUT2D eigenvalue weighted by molar-refractivity contribution is 0.300. The highest BCUT2D eigenvalue weighted by molar-refractivity contribution is 7.15. The Hall–Kier alpha value is -1.19. The second kappa shape index (κ2) is 4.76. The van der Waals surface area contributed by atoms with E-state index in [0.717, 1.165) is 16.3 Å². The first kappa shape index (κ1) is 11.3. The number of benzene rings is 1. The summed E-state index contributed by atoms with van der Waals surface area (Å²) >= 11 is 1.67. The number of rotatable bonds is 3. The summed E-state index contributed by atoms with van der Waals surface area (Å²) < 4.78 is 0. The van der Waals surface area contributed by atoms with Crippen molar-refractivity contribution in [3.05, 3.63) is 40.4 Å². The van der Waals surface area contributed by atoms with Crippen LogP contribution in [-0.4, -0.2) is 16.7 Å². The maximum Gasteiger partial charge on any atom is 0.123 e. The normalized spacial score (nSPS) is 10.7. The molecule has 2 nitrogen and oxygen atoms in total. The van der Waals surface area contributed by atoms with Crippen molar-refractivity contribution in [1.29, 1.82) is 0 Å². The van der Waals surface area contributed by atoms with Crippen LogP contribution in [0.4, 0.5) is 0 Å². The number of hydrogen-bond acceptors (Lipinski definition) is 3. The zero-order valence-corrected chi connectivity index (χ0v) is 10.3. The number of aromatic nitrogens is 1. The molecular weight excluding hydrogens is 218 g/mol. The highest BCUT2D eigenvalue weighted by Gasteiger charge is 2.08. The molecule has 1 aromatic heterocycles. The van der Waals surface area contributed by atoms with Crippen molar-refractivity contribution in [3.8, 4) is 10.6 Å². The predicted octanol–water partition coefficient (Wildman–Crippen LogP) is 2.96. The molecule has 0 unspecified atom stereocenters. The van der Waals surface area contributed by atoms with Gasteiger partial charge in [-0.25, -0.2) is 4.98 Å². The summed E-state index contributed by atoms with van der Waals surface area (Å²) in [5.74, 6) is 0. The number of hydrogen-bond donors (Lipinski definition) is 1. The van der Waals surface area contributed by atoms with Crippen LogP contribution in [0.3, 0.4) is 0 Å². The van der Waals surface area contributed by atoms with Crippen LogP contribution in [0.5, 0.6) is 0 Å². The molecule has 0 aliphatic rings. The summed E-state index contributed by atoms with van der Waals surface area (Å²) in [4.78, 5) is 5.73. The van der Waals surface area contributed by atoms with E-state index in [1.54, 1.807) is 11.3 Å². The topological polar surface area (TPSA) is 33.1 Å². The van der Waals surface area contributed by atoms with Crippen LogP contribution in [0, 0.1) is 13.8 Å². The lowest BCUT2D eigenvalue weighted by Gasteiger charge is -1.97. The first-order valence-electron chi connectivity index (χ1n) is 5.35. The summed E-state index contributed by atoms with van der Waals surface area (Å²) in [5, 5.41) is 9.99. The molecule has 84 valence electrons. The fourth-order valence-electron chi connectivity index (χ4n) is 1.66. The van der Waals surface area contributed by atoms with Crippen LogP contribution in [0.2, 0.25) is 0 Å². The summed E-state index contributed by atoms with van der Waals surface area (Å²) in [7, 11) is 0. The Bertz CT molecular complexity index is 490. The minimum Gasteiger partial charge on any atom is -0.396 e. The van der Waals surface area contributed by atoms with E-state index < -0.39 is 0 Å². The molecule has 0 aliphatic carbocycles. The molecule has 2 aromatic rings. The fourth-order valence-corrected chi connectivity index (χ4v) is 2.71. The van der Waals surface area contributed by atoms with Gasteiger partial charge in [-0.15, -0.1) is 11.3 Å². The van der Waals surface area contributed by atoms with Gasteiger partial charge in [-0.2, -0.15) is 0 Å². The molecule has 1 aromatic carbocycles. The molecule has 3 heteroatoms. The highest BCUT2D eigenvalue weighted by Crippen LogP contribution is 2.28. The third-order valence-corrected chi connectivity index (χ3v) is 3.76. The van der Waals surface area contributed by atoms with Gasteiger partial charge < -0.3 is 5.11 Å². The molecule has 0 amide bonds. The number of aliphatic hydroxyl groups excluding tert-OH is 1. The third kappa shape index (κ3) is 2.31. The quantitative estimate of drug-likeness (QED) is 0.884. The van der Waals surface area contributed by atoms with Crippen molar-refractivity contribution in [3.63, 3.8) is 0 Å². The fraction of sp³-hybridized carbons (Fsp3) is 0.308. The Balaban J connectivity index is 2.37. The van der Waals surface area contributed by atoms with Crippen LogP contribution in [0.25, 0.3) is 10.6 Å². The van der Waals surface area contributed by atoms with Crippen LogP contribution in [0.15, 0.2) is 24.3 Å². The minimum absolute atomic E-state index is 0.191. The van der Waals surface area contributed by atoms with Gasteiger partial charge in [0.2, 0.25) is 0 Å². The van der Waals surface area contributed by atoms with E-state index in [0.29, 0.717) is 6.42 Å². The van der Waals surface area contributed by atoms with E-state index in [-0.39, 0.29) is 6.61 Å². The average Bonchev–Trinajstić information content (AvgIpc) is 2.61. The molecule has 0 bridgehead atoms. The van der Waals surface area contributed by atoms with E-state index in [2.05, 4.69) is 30.1 Å². The first-order chi connectivity index (χ1) is 7.70. The summed E-state index contributed by atoms with van der Waals surface area (Å²) in [6.07, 6.45) is 0.704. The van der Waals surface area contributed by atoms with Gasteiger partial charge in [-0.05, 0) is 19.9 Å². The van der Waals surface area contributed by atoms with Gasteiger partial charge in [0.1, 0.15) is 5.01 Å². The van der Waals surface area contributed by atoms with Crippen molar-refractivity contribution >= 4 is 11.3 Å². The Morgan fingerprint density at radius 2 is 2.12 bits per heavy atom. The van der Waals surface area contributed by atoms with Gasteiger partial charge in [0.05, 0.1) is 5.69 Å². The summed E-state index contributed by atoms with van der Waals surface area (Å²) in [6, 6.07) is 8.35. The maximum atomic E-state index is 8.95. The van der Waals surface area contributed by atoms with Gasteiger partial charge in [0.25, 0.3) is 0 Å². The molecule has 0 radical (unpaired) electrons. The van der Waals surface area contributed by atoms with Gasteiger partial charge in [0.15, 0.2) is 0 Å². The standard InChI is InChI=1S/C13H15NOS/c1-9-4-3-5-11(8-9)13-14-10(2)12(16-13)6-7-15/h3-5,8,15H,6-7H2,1-2H3. The van der Waals surface area contributed by atoms with Crippen molar-refractivity contribution in [2.75, 3.05) is 6.61 Å². The van der Waals surface area contributed by atoms with Gasteiger partial charge >= 0.3 is 0 Å². The molecule has 0 aliphatic heterocycles. The van der Waals surface area contributed by atoms with Crippen molar-refractivity contribution < 1.29 is 5.11 Å². The van der Waals surface area contributed by atoms with E-state index in [4.69, 9.17) is 5.11 Å². The number of thiazole rings is 1. The van der Waals surface area contributed by atoms with Crippen LogP contribution < -0.4 is 0 Å². The van der Waals surface area contributed by atoms with Gasteiger partial charge in [-0.3, -0.25) is 0 Å². The van der Waals surface area contributed by atoms with Gasteiger partial charge in [-0.1, -0.05) is 23.8 Å². The lowest BCUT2D eigenvalue weighted by Crippen LogP contribution is -1.88. The van der Waals surface area contributed by atoms with E-state index >= 15 is 0 Å². The molecular formula is C13H15NOS. The summed E-state index contributed by atoms with van der Waals surface area (Å²) in [6.45, 7) is 4.27. The molecule has 1 heterocycles. The number of aryl methyl sites for hydroxylation is 2. The largest absolute Gasteiger partial charge is 0.396 e. The first-order valence-corrected chi connectivity index (χ1v) is 6.16. The minimum atomic E-state index is 0.191. The smallest absolute Gasteiger partial charge is 0.123 e. The van der Waals surface area contributed by atoms with Crippen LogP contribution in [-0.2, 0) is 6.42 Å². The number of aliphatic hydroxyl groups is 1. The third-order valence-electron chi connectivity index (χ3n) is 2.50. The maximum absolute atomic E-state index is 8.95. The van der Waals surface area contributed by atoms with E-state index in [9.17, 15) is 0 Å². The molecule has 0 atom stereocenters. The zero-order valence-electron chi connectivity index (χ0n) is 9.53. The Morgan fingerprint density at radius 3 is 2.81 bits per heavy atom. The Labute approximate surface area is 99.6 Å². The zero-order chi connectivity index (χ0) is 11.5. The molecule has 2 rings (SSSR count). The molecule has 1 N–H and O–H groups in total. The van der Waals surface area contributed by atoms with E-state index in [1.165, 1.54) is 10.4 Å². The molecule has 0 spiro atoms. The van der Waals surface area contributed by atoms with Crippen molar-refractivity contribution in [2.24, 2.45) is 0 Å². The average molecular weight is 233 g/mol. The molecule has 0 saturated heterocycles. The molecule has 0 saturated carbocycles. The molecule has 0 fully saturated rings. The van der Waals surface area contributed by atoms with E-state index in [1.807, 2.05) is 13.0 Å².